The van der Waals surface area contributed by atoms with Crippen LogP contribution in [0, 0.1) is 0 Å². The fourth-order valence-corrected chi connectivity index (χ4v) is 2.50. The Balaban J connectivity index is 1.93. The Morgan fingerprint density at radius 1 is 1.38 bits per heavy atom. The molecule has 1 saturated carbocycles. The van der Waals surface area contributed by atoms with Crippen molar-refractivity contribution in [2.45, 2.75) is 56.2 Å². The first-order valence-corrected chi connectivity index (χ1v) is 7.44. The van der Waals surface area contributed by atoms with Crippen LogP contribution in [0.4, 0.5) is 0 Å². The lowest BCUT2D eigenvalue weighted by Crippen LogP contribution is -2.09. The molecule has 1 aliphatic rings. The zero-order chi connectivity index (χ0) is 11.4. The van der Waals surface area contributed by atoms with E-state index in [0.717, 1.165) is 5.92 Å². The molecule has 0 heterocycles. The first kappa shape index (κ1) is 12.2. The maximum absolute atomic E-state index is 3.71. The third-order valence-electron chi connectivity index (χ3n) is 3.72. The largest absolute Gasteiger partial charge is 0.0891 e. The van der Waals surface area contributed by atoms with E-state index in [4.69, 9.17) is 0 Å². The highest BCUT2D eigenvalue weighted by molar-refractivity contribution is 9.09. The Morgan fingerprint density at radius 2 is 2.19 bits per heavy atom. The van der Waals surface area contributed by atoms with E-state index in [-0.39, 0.29) is 0 Å². The molecule has 16 heavy (non-hydrogen) atoms. The monoisotopic (exact) mass is 280 g/mol. The van der Waals surface area contributed by atoms with Gasteiger partial charge in [0.15, 0.2) is 0 Å². The molecule has 0 spiro atoms. The molecule has 1 aromatic rings. The third-order valence-corrected chi connectivity index (χ3v) is 4.82. The number of hydrogen-bond acceptors (Lipinski definition) is 0. The Hall–Kier alpha value is -0.300. The number of alkyl halides is 1. The van der Waals surface area contributed by atoms with Crippen molar-refractivity contribution in [3.8, 4) is 0 Å². The lowest BCUT2D eigenvalue weighted by molar-refractivity contribution is 0.419. The highest BCUT2D eigenvalue weighted by Crippen LogP contribution is 2.36. The second-order valence-corrected chi connectivity index (χ2v) is 6.21. The van der Waals surface area contributed by atoms with Gasteiger partial charge in [-0.25, -0.2) is 0 Å². The average Bonchev–Trinajstić information content (AvgIpc) is 2.24. The molecule has 0 N–H and O–H groups in total. The van der Waals surface area contributed by atoms with Gasteiger partial charge in [-0.1, -0.05) is 53.5 Å². The molecule has 1 unspecified atom stereocenters. The van der Waals surface area contributed by atoms with Crippen molar-refractivity contribution < 1.29 is 0 Å². The second-order valence-electron chi connectivity index (χ2n) is 4.92. The molecule has 0 radical (unpaired) electrons. The molecule has 0 amide bonds. The van der Waals surface area contributed by atoms with Gasteiger partial charge in [0.05, 0.1) is 0 Å². The van der Waals surface area contributed by atoms with Crippen LogP contribution in [0.15, 0.2) is 24.3 Å². The van der Waals surface area contributed by atoms with Crippen molar-refractivity contribution in [1.29, 1.82) is 0 Å². The van der Waals surface area contributed by atoms with Crippen molar-refractivity contribution in [2.24, 2.45) is 0 Å². The van der Waals surface area contributed by atoms with Crippen LogP contribution < -0.4 is 0 Å². The Bertz CT molecular complexity index is 328. The normalized spacial score (nSPS) is 18.1. The summed E-state index contributed by atoms with van der Waals surface area (Å²) in [6.45, 7) is 2.24. The predicted octanol–water partition coefficient (Wildman–Crippen LogP) is 5.06. The number of hydrogen-bond donors (Lipinski definition) is 0. The van der Waals surface area contributed by atoms with Crippen LogP contribution in [-0.4, -0.2) is 4.83 Å². The van der Waals surface area contributed by atoms with E-state index in [2.05, 4.69) is 47.1 Å². The number of halogens is 1. The van der Waals surface area contributed by atoms with E-state index < -0.39 is 0 Å². The van der Waals surface area contributed by atoms with Crippen LogP contribution in [0.1, 0.15) is 56.1 Å². The summed E-state index contributed by atoms with van der Waals surface area (Å²) in [4.78, 5) is 0.680. The van der Waals surface area contributed by atoms with E-state index in [1.807, 2.05) is 0 Å². The minimum atomic E-state index is 0.680. The molecule has 0 aliphatic heterocycles. The van der Waals surface area contributed by atoms with Gasteiger partial charge < -0.3 is 0 Å². The highest BCUT2D eigenvalue weighted by atomic mass is 79.9. The molecule has 1 fully saturated rings. The molecule has 1 aliphatic carbocycles. The third kappa shape index (κ3) is 3.10. The Labute approximate surface area is 108 Å². The summed E-state index contributed by atoms with van der Waals surface area (Å²) in [7, 11) is 0. The highest BCUT2D eigenvalue weighted by Gasteiger charge is 2.19. The predicted molar refractivity (Wildman–Crippen MR) is 74.4 cm³/mol. The lowest BCUT2D eigenvalue weighted by atomic mass is 9.79. The van der Waals surface area contributed by atoms with E-state index in [1.165, 1.54) is 44.1 Å². The van der Waals surface area contributed by atoms with E-state index in [0.29, 0.717) is 4.83 Å². The molecule has 1 heteroatoms. The molecule has 0 nitrogen and oxygen atoms in total. The summed E-state index contributed by atoms with van der Waals surface area (Å²) in [5, 5.41) is 0. The van der Waals surface area contributed by atoms with Crippen molar-refractivity contribution in [3.05, 3.63) is 35.4 Å². The van der Waals surface area contributed by atoms with Gasteiger partial charge in [0.25, 0.3) is 0 Å². The van der Waals surface area contributed by atoms with Gasteiger partial charge in [0, 0.05) is 4.83 Å². The van der Waals surface area contributed by atoms with Gasteiger partial charge in [-0.2, -0.15) is 0 Å². The van der Waals surface area contributed by atoms with Crippen molar-refractivity contribution in [3.63, 3.8) is 0 Å². The summed E-state index contributed by atoms with van der Waals surface area (Å²) in [5.41, 5.74) is 3.09. The second kappa shape index (κ2) is 5.86. The summed E-state index contributed by atoms with van der Waals surface area (Å²) in [5.74, 6) is 0.867. The number of benzene rings is 1. The molecule has 1 atom stereocenters. The van der Waals surface area contributed by atoms with E-state index in [9.17, 15) is 0 Å². The fraction of sp³-hybridized carbons (Fsp3) is 0.600. The molecule has 1 aromatic carbocycles. The van der Waals surface area contributed by atoms with E-state index >= 15 is 0 Å². The van der Waals surface area contributed by atoms with Gasteiger partial charge in [0.2, 0.25) is 0 Å². The number of rotatable bonds is 5. The molecular formula is C15H21Br. The molecule has 88 valence electrons. The van der Waals surface area contributed by atoms with Crippen molar-refractivity contribution in [1.82, 2.24) is 0 Å². The standard InChI is InChI=1S/C15H21Br/c1-2-15(16)10-9-12-5-3-8-14(11-12)13-6-4-7-13/h3,5,8,11,13,15H,2,4,6-7,9-10H2,1H3. The van der Waals surface area contributed by atoms with Crippen LogP contribution in [-0.2, 0) is 6.42 Å². The van der Waals surface area contributed by atoms with Gasteiger partial charge in [-0.3, -0.25) is 0 Å². The first-order chi connectivity index (χ1) is 7.79. The smallest absolute Gasteiger partial charge is 0.0146 e. The SMILES string of the molecule is CCC(Br)CCc1cccc(C2CCC2)c1. The van der Waals surface area contributed by atoms with E-state index in [1.54, 1.807) is 5.56 Å². The minimum absolute atomic E-state index is 0.680. The van der Waals surface area contributed by atoms with Gasteiger partial charge in [-0.15, -0.1) is 0 Å². The summed E-state index contributed by atoms with van der Waals surface area (Å²) < 4.78 is 0. The van der Waals surface area contributed by atoms with Crippen LogP contribution in [0.3, 0.4) is 0 Å². The Morgan fingerprint density at radius 3 is 2.81 bits per heavy atom. The lowest BCUT2D eigenvalue weighted by Gasteiger charge is -2.26. The number of aryl methyl sites for hydroxylation is 1. The van der Waals surface area contributed by atoms with Crippen LogP contribution in [0.2, 0.25) is 0 Å². The maximum Gasteiger partial charge on any atom is 0.0146 e. The zero-order valence-corrected chi connectivity index (χ0v) is 11.7. The molecule has 0 bridgehead atoms. The first-order valence-electron chi connectivity index (χ1n) is 6.52. The summed E-state index contributed by atoms with van der Waals surface area (Å²) >= 11 is 3.71. The Kier molecular flexibility index (Phi) is 4.45. The minimum Gasteiger partial charge on any atom is -0.0891 e. The topological polar surface area (TPSA) is 0 Å². The summed E-state index contributed by atoms with van der Waals surface area (Å²) in [6.07, 6.45) is 7.92. The van der Waals surface area contributed by atoms with Crippen LogP contribution in [0.5, 0.6) is 0 Å². The van der Waals surface area contributed by atoms with Gasteiger partial charge >= 0.3 is 0 Å². The van der Waals surface area contributed by atoms with Crippen molar-refractivity contribution in [2.75, 3.05) is 0 Å². The maximum atomic E-state index is 3.71. The average molecular weight is 281 g/mol. The molecule has 2 rings (SSSR count). The summed E-state index contributed by atoms with van der Waals surface area (Å²) in [6, 6.07) is 9.24. The quantitative estimate of drug-likeness (QED) is 0.662. The van der Waals surface area contributed by atoms with Crippen LogP contribution in [0.25, 0.3) is 0 Å². The zero-order valence-electron chi connectivity index (χ0n) is 10.1. The fourth-order valence-electron chi connectivity index (χ4n) is 2.27. The molecular weight excluding hydrogens is 260 g/mol. The van der Waals surface area contributed by atoms with Gasteiger partial charge in [-0.05, 0) is 49.1 Å². The van der Waals surface area contributed by atoms with Crippen molar-refractivity contribution >= 4 is 15.9 Å². The molecule has 0 saturated heterocycles. The van der Waals surface area contributed by atoms with Crippen LogP contribution >= 0.6 is 15.9 Å². The van der Waals surface area contributed by atoms with Gasteiger partial charge in [0.1, 0.15) is 0 Å². The molecule has 0 aromatic heterocycles.